The Morgan fingerprint density at radius 3 is 2.74 bits per heavy atom. The highest BCUT2D eigenvalue weighted by Crippen LogP contribution is 2.30. The van der Waals surface area contributed by atoms with Gasteiger partial charge in [-0.2, -0.15) is 5.10 Å². The minimum absolute atomic E-state index is 0.0598. The molecule has 7 nitrogen and oxygen atoms in total. The maximum absolute atomic E-state index is 12.6. The second-order valence-electron chi connectivity index (χ2n) is 7.13. The third-order valence-electron chi connectivity index (χ3n) is 5.11. The average Bonchev–Trinajstić information content (AvgIpc) is 3.39. The number of ether oxygens (including phenoxy) is 1. The highest BCUT2D eigenvalue weighted by molar-refractivity contribution is 7.91. The Bertz CT molecular complexity index is 918. The summed E-state index contributed by atoms with van der Waals surface area (Å²) in [5.74, 6) is -0.0417. The van der Waals surface area contributed by atoms with Gasteiger partial charge in [0.2, 0.25) is 0 Å². The van der Waals surface area contributed by atoms with Gasteiger partial charge in [-0.3, -0.25) is 9.48 Å². The van der Waals surface area contributed by atoms with E-state index in [1.54, 1.807) is 10.7 Å². The quantitative estimate of drug-likeness (QED) is 0.842. The molecule has 0 unspecified atom stereocenters. The molecule has 2 aliphatic rings. The fourth-order valence-electron chi connectivity index (χ4n) is 3.68. The second-order valence-corrected chi connectivity index (χ2v) is 9.36. The van der Waals surface area contributed by atoms with Crippen molar-refractivity contribution < 1.29 is 17.9 Å². The molecule has 1 aromatic heterocycles. The van der Waals surface area contributed by atoms with E-state index in [1.807, 2.05) is 30.3 Å². The summed E-state index contributed by atoms with van der Waals surface area (Å²) in [6, 6.07) is 11.1. The molecule has 4 rings (SSSR count). The molecule has 2 saturated heterocycles. The van der Waals surface area contributed by atoms with Crippen LogP contribution < -0.4 is 5.32 Å². The number of aromatic nitrogens is 2. The number of amides is 1. The predicted octanol–water partition coefficient (Wildman–Crippen LogP) is 1.82. The summed E-state index contributed by atoms with van der Waals surface area (Å²) >= 11 is 0. The van der Waals surface area contributed by atoms with Crippen LogP contribution in [-0.4, -0.2) is 54.9 Å². The fraction of sp³-hybridized carbons (Fsp3) is 0.474. The first-order chi connectivity index (χ1) is 13.0. The van der Waals surface area contributed by atoms with Gasteiger partial charge in [0.15, 0.2) is 15.5 Å². The van der Waals surface area contributed by atoms with Crippen LogP contribution in [0.3, 0.4) is 0 Å². The lowest BCUT2D eigenvalue weighted by atomic mass is 10.1. The van der Waals surface area contributed by atoms with E-state index in [2.05, 4.69) is 10.4 Å². The van der Waals surface area contributed by atoms with Gasteiger partial charge in [0.05, 0.1) is 29.3 Å². The third kappa shape index (κ3) is 4.06. The number of sulfone groups is 1. The van der Waals surface area contributed by atoms with Crippen LogP contribution in [0.5, 0.6) is 0 Å². The molecule has 1 aromatic carbocycles. The zero-order valence-corrected chi connectivity index (χ0v) is 15.8. The molecular weight excluding hydrogens is 366 g/mol. The minimum atomic E-state index is -3.05. The molecule has 1 N–H and O–H groups in total. The van der Waals surface area contributed by atoms with Crippen molar-refractivity contribution in [2.24, 2.45) is 0 Å². The van der Waals surface area contributed by atoms with Gasteiger partial charge in [-0.15, -0.1) is 0 Å². The van der Waals surface area contributed by atoms with Crippen molar-refractivity contribution >= 4 is 15.7 Å². The standard InChI is InChI=1S/C19H23N3O4S/c23-19(20-12-16-7-4-9-26-16)17-11-18(14-5-2-1-3-6-14)22(21-17)15-8-10-27(24,25)13-15/h1-3,5-6,11,15-16H,4,7-10,12-13H2,(H,20,23)/t15-,16+/m1/s1. The predicted molar refractivity (Wildman–Crippen MR) is 101 cm³/mol. The lowest BCUT2D eigenvalue weighted by Crippen LogP contribution is -2.32. The van der Waals surface area contributed by atoms with Crippen LogP contribution in [0, 0.1) is 0 Å². The minimum Gasteiger partial charge on any atom is -0.376 e. The molecule has 0 radical (unpaired) electrons. The highest BCUT2D eigenvalue weighted by atomic mass is 32.2. The van der Waals surface area contributed by atoms with E-state index in [0.717, 1.165) is 30.7 Å². The molecule has 0 spiro atoms. The smallest absolute Gasteiger partial charge is 0.271 e. The Kier molecular flexibility index (Phi) is 5.01. The monoisotopic (exact) mass is 389 g/mol. The van der Waals surface area contributed by atoms with E-state index in [9.17, 15) is 13.2 Å². The summed E-state index contributed by atoms with van der Waals surface area (Å²) in [5.41, 5.74) is 1.98. The Morgan fingerprint density at radius 2 is 2.07 bits per heavy atom. The second kappa shape index (κ2) is 7.44. The number of nitrogens with one attached hydrogen (secondary N) is 1. The van der Waals surface area contributed by atoms with E-state index in [-0.39, 0.29) is 29.6 Å². The van der Waals surface area contributed by atoms with Gasteiger partial charge >= 0.3 is 0 Å². The van der Waals surface area contributed by atoms with Crippen molar-refractivity contribution in [2.75, 3.05) is 24.7 Å². The van der Waals surface area contributed by atoms with E-state index in [4.69, 9.17) is 4.74 Å². The molecule has 1 amide bonds. The van der Waals surface area contributed by atoms with Crippen LogP contribution >= 0.6 is 0 Å². The summed E-state index contributed by atoms with van der Waals surface area (Å²) in [6.45, 7) is 1.20. The van der Waals surface area contributed by atoms with E-state index in [1.165, 1.54) is 0 Å². The lowest BCUT2D eigenvalue weighted by Gasteiger charge is -2.13. The molecule has 8 heteroatoms. The lowest BCUT2D eigenvalue weighted by molar-refractivity contribution is 0.0853. The Hall–Kier alpha value is -2.19. The van der Waals surface area contributed by atoms with E-state index in [0.29, 0.717) is 18.7 Å². The van der Waals surface area contributed by atoms with Crippen LogP contribution in [0.4, 0.5) is 0 Å². The number of carbonyl (C=O) groups is 1. The first-order valence-corrected chi connectivity index (χ1v) is 11.1. The zero-order valence-electron chi connectivity index (χ0n) is 15.0. The van der Waals surface area contributed by atoms with Gasteiger partial charge in [0.1, 0.15) is 0 Å². The molecule has 2 aliphatic heterocycles. The maximum Gasteiger partial charge on any atom is 0.271 e. The summed E-state index contributed by atoms with van der Waals surface area (Å²) in [4.78, 5) is 12.6. The first-order valence-electron chi connectivity index (χ1n) is 9.27. The molecule has 3 heterocycles. The molecule has 27 heavy (non-hydrogen) atoms. The van der Waals surface area contributed by atoms with Gasteiger partial charge in [-0.1, -0.05) is 30.3 Å². The number of nitrogens with zero attached hydrogens (tertiary/aromatic N) is 2. The van der Waals surface area contributed by atoms with Crippen molar-refractivity contribution in [3.05, 3.63) is 42.1 Å². The molecule has 0 aliphatic carbocycles. The van der Waals surface area contributed by atoms with Gasteiger partial charge in [-0.05, 0) is 30.9 Å². The van der Waals surface area contributed by atoms with Crippen molar-refractivity contribution in [2.45, 2.75) is 31.4 Å². The van der Waals surface area contributed by atoms with Crippen molar-refractivity contribution in [3.8, 4) is 11.3 Å². The Morgan fingerprint density at radius 1 is 1.26 bits per heavy atom. The number of carbonyl (C=O) groups excluding carboxylic acids is 1. The molecule has 0 saturated carbocycles. The summed E-state index contributed by atoms with van der Waals surface area (Å²) in [7, 11) is -3.05. The number of benzene rings is 1. The van der Waals surface area contributed by atoms with E-state index >= 15 is 0 Å². The molecule has 144 valence electrons. The van der Waals surface area contributed by atoms with Crippen molar-refractivity contribution in [3.63, 3.8) is 0 Å². The van der Waals surface area contributed by atoms with Crippen LogP contribution in [0.2, 0.25) is 0 Å². The molecule has 2 aromatic rings. The SMILES string of the molecule is O=C(NC[C@@H]1CCCO1)c1cc(-c2ccccc2)n([C@@H]2CCS(=O)(=O)C2)n1. The van der Waals surface area contributed by atoms with Gasteiger partial charge in [0, 0.05) is 13.2 Å². The van der Waals surface area contributed by atoms with E-state index < -0.39 is 9.84 Å². The van der Waals surface area contributed by atoms with Crippen LogP contribution in [0.1, 0.15) is 35.8 Å². The number of hydrogen-bond donors (Lipinski definition) is 1. The fourth-order valence-corrected chi connectivity index (χ4v) is 5.37. The van der Waals surface area contributed by atoms with Crippen molar-refractivity contribution in [1.29, 1.82) is 0 Å². The van der Waals surface area contributed by atoms with Gasteiger partial charge in [-0.25, -0.2) is 8.42 Å². The molecular formula is C19H23N3O4S. The van der Waals surface area contributed by atoms with Crippen molar-refractivity contribution in [1.82, 2.24) is 15.1 Å². The Balaban J connectivity index is 1.60. The highest BCUT2D eigenvalue weighted by Gasteiger charge is 2.32. The van der Waals surface area contributed by atoms with Gasteiger partial charge < -0.3 is 10.1 Å². The normalized spacial score (nSPS) is 24.1. The topological polar surface area (TPSA) is 90.3 Å². The molecule has 2 atom stereocenters. The first kappa shape index (κ1) is 18.2. The molecule has 0 bridgehead atoms. The third-order valence-corrected chi connectivity index (χ3v) is 6.86. The van der Waals surface area contributed by atoms with Crippen LogP contribution in [0.25, 0.3) is 11.3 Å². The summed E-state index contributed by atoms with van der Waals surface area (Å²) < 4.78 is 31.1. The zero-order chi connectivity index (χ0) is 18.9. The van der Waals surface area contributed by atoms with Gasteiger partial charge in [0.25, 0.3) is 5.91 Å². The maximum atomic E-state index is 12.6. The summed E-state index contributed by atoms with van der Waals surface area (Å²) in [5, 5.41) is 7.36. The van der Waals surface area contributed by atoms with Crippen LogP contribution in [-0.2, 0) is 14.6 Å². The Labute approximate surface area is 158 Å². The number of hydrogen-bond acceptors (Lipinski definition) is 5. The largest absolute Gasteiger partial charge is 0.376 e. The van der Waals surface area contributed by atoms with Crippen LogP contribution in [0.15, 0.2) is 36.4 Å². The average molecular weight is 389 g/mol. The summed E-state index contributed by atoms with van der Waals surface area (Å²) in [6.07, 6.45) is 2.54. The number of rotatable bonds is 5. The molecule has 2 fully saturated rings.